The van der Waals surface area contributed by atoms with E-state index in [4.69, 9.17) is 21.1 Å². The molecule has 0 aliphatic rings. The smallest absolute Gasteiger partial charge is 0.345 e. The highest BCUT2D eigenvalue weighted by Gasteiger charge is 2.24. The van der Waals surface area contributed by atoms with Crippen LogP contribution in [0.4, 0.5) is 4.39 Å². The van der Waals surface area contributed by atoms with E-state index >= 15 is 0 Å². The summed E-state index contributed by atoms with van der Waals surface area (Å²) in [5.74, 6) is -2.56. The van der Waals surface area contributed by atoms with Gasteiger partial charge in [-0.3, -0.25) is 4.98 Å². The first kappa shape index (κ1) is 20.1. The zero-order valence-electron chi connectivity index (χ0n) is 14.2. The largest absolute Gasteiger partial charge is 0.462 e. The van der Waals surface area contributed by atoms with Crippen LogP contribution in [0, 0.1) is 12.7 Å². The van der Waals surface area contributed by atoms with E-state index in [1.165, 1.54) is 6.08 Å². The number of rotatable bonds is 7. The quantitative estimate of drug-likeness (QED) is 0.322. The zero-order chi connectivity index (χ0) is 18.3. The van der Waals surface area contributed by atoms with Crippen molar-refractivity contribution in [3.63, 3.8) is 0 Å². The molecule has 1 aromatic rings. The van der Waals surface area contributed by atoms with Gasteiger partial charge < -0.3 is 9.47 Å². The Morgan fingerprint density at radius 3 is 2.25 bits per heavy atom. The van der Waals surface area contributed by atoms with Crippen LogP contribution < -0.4 is 0 Å². The van der Waals surface area contributed by atoms with Crippen molar-refractivity contribution < 1.29 is 23.5 Å². The second-order valence-electron chi connectivity index (χ2n) is 4.97. The fraction of sp³-hybridized carbons (Fsp3) is 0.471. The predicted molar refractivity (Wildman–Crippen MR) is 88.3 cm³/mol. The van der Waals surface area contributed by atoms with Crippen LogP contribution in [0.3, 0.4) is 0 Å². The summed E-state index contributed by atoms with van der Waals surface area (Å²) in [6.07, 6.45) is 2.99. The molecule has 0 radical (unpaired) electrons. The van der Waals surface area contributed by atoms with Crippen LogP contribution in [0.15, 0.2) is 17.8 Å². The van der Waals surface area contributed by atoms with Gasteiger partial charge in [0.2, 0.25) is 0 Å². The Balaban J connectivity index is 3.33. The topological polar surface area (TPSA) is 65.5 Å². The highest BCUT2D eigenvalue weighted by Crippen LogP contribution is 2.29. The Labute approximate surface area is 145 Å². The molecule has 1 unspecified atom stereocenters. The van der Waals surface area contributed by atoms with Crippen LogP contribution in [0.1, 0.15) is 44.4 Å². The number of esters is 2. The van der Waals surface area contributed by atoms with E-state index in [-0.39, 0.29) is 23.8 Å². The van der Waals surface area contributed by atoms with Crippen molar-refractivity contribution in [3.05, 3.63) is 39.9 Å². The summed E-state index contributed by atoms with van der Waals surface area (Å²) in [5.41, 5.74) is 0.758. The minimum atomic E-state index is -0.764. The maximum absolute atomic E-state index is 13.5. The summed E-state index contributed by atoms with van der Waals surface area (Å²) >= 11 is 5.93. The lowest BCUT2D eigenvalue weighted by Crippen LogP contribution is -2.19. The van der Waals surface area contributed by atoms with E-state index in [1.807, 2.05) is 6.92 Å². The molecule has 24 heavy (non-hydrogen) atoms. The molecule has 7 heteroatoms. The molecule has 0 amide bonds. The Morgan fingerprint density at radius 2 is 1.79 bits per heavy atom. The summed E-state index contributed by atoms with van der Waals surface area (Å²) in [6, 6.07) is 0. The Kier molecular flexibility index (Phi) is 7.85. The van der Waals surface area contributed by atoms with Gasteiger partial charge in [0.05, 0.1) is 30.1 Å². The number of ether oxygens (including phenoxy) is 2. The average Bonchev–Trinajstić information content (AvgIpc) is 2.55. The molecule has 1 aromatic heterocycles. The Morgan fingerprint density at radius 1 is 1.25 bits per heavy atom. The molecule has 132 valence electrons. The molecule has 0 bridgehead atoms. The summed E-state index contributed by atoms with van der Waals surface area (Å²) in [4.78, 5) is 28.2. The molecule has 1 rings (SSSR count). The molecule has 0 fully saturated rings. The van der Waals surface area contributed by atoms with Gasteiger partial charge in [0.1, 0.15) is 5.57 Å². The highest BCUT2D eigenvalue weighted by atomic mass is 35.5. The van der Waals surface area contributed by atoms with Gasteiger partial charge in [0.25, 0.3) is 0 Å². The van der Waals surface area contributed by atoms with Crippen molar-refractivity contribution in [3.8, 4) is 0 Å². The SMILES string of the molecule is CCOC(=O)C(=CC(CC)c1ncc(F)c(Cl)c1C)C(=O)OCC. The minimum absolute atomic E-state index is 0.0272. The van der Waals surface area contributed by atoms with Gasteiger partial charge in [-0.15, -0.1) is 0 Å². The minimum Gasteiger partial charge on any atom is -0.462 e. The monoisotopic (exact) mass is 357 g/mol. The van der Waals surface area contributed by atoms with Gasteiger partial charge in [0, 0.05) is 5.92 Å². The summed E-state index contributed by atoms with van der Waals surface area (Å²) < 4.78 is 23.3. The Bertz CT molecular complexity index is 626. The van der Waals surface area contributed by atoms with Gasteiger partial charge >= 0.3 is 11.9 Å². The fourth-order valence-corrected chi connectivity index (χ4v) is 2.32. The van der Waals surface area contributed by atoms with Gasteiger partial charge in [-0.2, -0.15) is 0 Å². The van der Waals surface area contributed by atoms with Crippen molar-refractivity contribution >= 4 is 23.5 Å². The van der Waals surface area contributed by atoms with Crippen LogP contribution >= 0.6 is 11.6 Å². The lowest BCUT2D eigenvalue weighted by Gasteiger charge is -2.15. The first-order valence-corrected chi connectivity index (χ1v) is 8.11. The molecule has 1 heterocycles. The molecule has 0 spiro atoms. The first-order valence-electron chi connectivity index (χ1n) is 7.73. The number of hydrogen-bond acceptors (Lipinski definition) is 5. The van der Waals surface area contributed by atoms with Crippen LogP contribution in [0.2, 0.25) is 5.02 Å². The maximum atomic E-state index is 13.5. The molecule has 0 saturated carbocycles. The van der Waals surface area contributed by atoms with Gasteiger partial charge in [-0.25, -0.2) is 14.0 Å². The predicted octanol–water partition coefficient (Wildman–Crippen LogP) is 3.73. The van der Waals surface area contributed by atoms with Gasteiger partial charge in [-0.1, -0.05) is 24.6 Å². The molecule has 1 atom stereocenters. The standard InChI is InChI=1S/C17H21ClFNO4/c1-5-11(15-10(4)14(18)13(19)9-20-15)8-12(16(21)23-6-2)17(22)24-7-3/h8-9,11H,5-7H2,1-4H3. The summed E-state index contributed by atoms with van der Waals surface area (Å²) in [7, 11) is 0. The summed E-state index contributed by atoms with van der Waals surface area (Å²) in [6.45, 7) is 7.04. The number of carbonyl (C=O) groups is 2. The number of aromatic nitrogens is 1. The van der Waals surface area contributed by atoms with Crippen LogP contribution in [0.5, 0.6) is 0 Å². The number of nitrogens with zero attached hydrogens (tertiary/aromatic N) is 1. The van der Waals surface area contributed by atoms with Gasteiger partial charge in [0.15, 0.2) is 5.82 Å². The number of carbonyl (C=O) groups excluding carboxylic acids is 2. The number of halogens is 2. The van der Waals surface area contributed by atoms with Crippen LogP contribution in [-0.2, 0) is 19.1 Å². The summed E-state index contributed by atoms with van der Waals surface area (Å²) in [5, 5.41) is -0.0272. The lowest BCUT2D eigenvalue weighted by molar-refractivity contribution is -0.146. The van der Waals surface area contributed by atoms with E-state index in [0.29, 0.717) is 17.7 Å². The number of pyridine rings is 1. The van der Waals surface area contributed by atoms with Crippen molar-refractivity contribution in [2.75, 3.05) is 13.2 Å². The van der Waals surface area contributed by atoms with Crippen molar-refractivity contribution in [1.82, 2.24) is 4.98 Å². The van der Waals surface area contributed by atoms with E-state index in [0.717, 1.165) is 6.20 Å². The Hall–Kier alpha value is -1.95. The average molecular weight is 358 g/mol. The molecule has 0 N–H and O–H groups in total. The van der Waals surface area contributed by atoms with Crippen molar-refractivity contribution in [2.45, 2.75) is 40.0 Å². The van der Waals surface area contributed by atoms with Crippen molar-refractivity contribution in [1.29, 1.82) is 0 Å². The van der Waals surface area contributed by atoms with E-state index < -0.39 is 23.7 Å². The van der Waals surface area contributed by atoms with E-state index in [1.54, 1.807) is 20.8 Å². The number of allylic oxidation sites excluding steroid dienone is 1. The van der Waals surface area contributed by atoms with Crippen LogP contribution in [-0.4, -0.2) is 30.1 Å². The third kappa shape index (κ3) is 4.77. The fourth-order valence-electron chi connectivity index (χ4n) is 2.17. The second kappa shape index (κ2) is 9.37. The molecular formula is C17H21ClFNO4. The first-order chi connectivity index (χ1) is 11.4. The maximum Gasteiger partial charge on any atom is 0.345 e. The van der Waals surface area contributed by atoms with E-state index in [9.17, 15) is 14.0 Å². The molecule has 0 aliphatic heterocycles. The normalized spacial score (nSPS) is 11.6. The zero-order valence-corrected chi connectivity index (χ0v) is 14.9. The molecule has 0 aliphatic carbocycles. The second-order valence-corrected chi connectivity index (χ2v) is 5.34. The number of hydrogen-bond donors (Lipinski definition) is 0. The molecular weight excluding hydrogens is 337 g/mol. The van der Waals surface area contributed by atoms with Crippen LogP contribution in [0.25, 0.3) is 0 Å². The third-order valence-corrected chi connectivity index (χ3v) is 3.85. The van der Waals surface area contributed by atoms with Crippen molar-refractivity contribution in [2.24, 2.45) is 0 Å². The lowest BCUT2D eigenvalue weighted by atomic mass is 9.95. The van der Waals surface area contributed by atoms with Gasteiger partial charge in [-0.05, 0) is 32.8 Å². The molecule has 0 aromatic carbocycles. The molecule has 0 saturated heterocycles. The van der Waals surface area contributed by atoms with E-state index in [2.05, 4.69) is 4.98 Å². The molecule has 5 nitrogen and oxygen atoms in total. The highest BCUT2D eigenvalue weighted by molar-refractivity contribution is 6.31. The third-order valence-electron chi connectivity index (χ3n) is 3.39.